The molecule has 0 unspecified atom stereocenters. The second-order valence-corrected chi connectivity index (χ2v) is 13.2. The van der Waals surface area contributed by atoms with Crippen LogP contribution in [0.3, 0.4) is 0 Å². The summed E-state index contributed by atoms with van der Waals surface area (Å²) in [5, 5.41) is 9.15. The molecule has 1 aliphatic heterocycles. The number of carbonyl (C=O) groups excluding carboxylic acids is 2. The molecule has 11 heteroatoms. The Morgan fingerprint density at radius 3 is 2.47 bits per heavy atom. The summed E-state index contributed by atoms with van der Waals surface area (Å²) in [6, 6.07) is 18.9. The second kappa shape index (κ2) is 13.3. The van der Waals surface area contributed by atoms with Crippen LogP contribution in [0.25, 0.3) is 17.0 Å². The number of ether oxygens (including phenoxy) is 1. The highest BCUT2D eigenvalue weighted by molar-refractivity contribution is 7.10. The van der Waals surface area contributed by atoms with Gasteiger partial charge in [-0.2, -0.15) is 0 Å². The third-order valence-corrected chi connectivity index (χ3v) is 10.4. The molecule has 7 rings (SSSR count). The van der Waals surface area contributed by atoms with Crippen LogP contribution in [-0.2, 0) is 10.2 Å². The standard InChI is InChI=1S/C36H39N7O3S/c1-24-32(43-22-26(10-13-31(43)39-24)33(44)38-16-17-42-18-20-46-21-19-42)30-23-47-35(41-30)36(14-4-5-15-36)27-11-8-25(9-12-27)34(45)40-29-7-3-2-6-28(29)37/h2-3,6-13,22-23H,4-5,14-21,37H2,1H3,(H,38,44)(H,40,45). The van der Waals surface area contributed by atoms with E-state index in [2.05, 4.69) is 33.0 Å². The minimum atomic E-state index is -0.221. The highest BCUT2D eigenvalue weighted by Crippen LogP contribution is 2.48. The van der Waals surface area contributed by atoms with Crippen molar-refractivity contribution >= 4 is 40.2 Å². The van der Waals surface area contributed by atoms with Crippen LogP contribution in [0.4, 0.5) is 11.4 Å². The lowest BCUT2D eigenvalue weighted by Crippen LogP contribution is -2.41. The minimum Gasteiger partial charge on any atom is -0.397 e. The number of nitrogens with one attached hydrogen (secondary N) is 2. The lowest BCUT2D eigenvalue weighted by molar-refractivity contribution is 0.0383. The van der Waals surface area contributed by atoms with Crippen molar-refractivity contribution in [3.05, 3.63) is 99.6 Å². The summed E-state index contributed by atoms with van der Waals surface area (Å²) in [4.78, 5) is 38.4. The summed E-state index contributed by atoms with van der Waals surface area (Å²) in [5.41, 5.74) is 12.6. The van der Waals surface area contributed by atoms with Crippen molar-refractivity contribution in [1.82, 2.24) is 24.6 Å². The fourth-order valence-corrected chi connectivity index (χ4v) is 7.90. The maximum atomic E-state index is 13.1. The van der Waals surface area contributed by atoms with Gasteiger partial charge in [0.25, 0.3) is 11.8 Å². The van der Waals surface area contributed by atoms with Gasteiger partial charge in [0.15, 0.2) is 0 Å². The van der Waals surface area contributed by atoms with E-state index in [0.29, 0.717) is 29.0 Å². The SMILES string of the molecule is Cc1nc2ccc(C(=O)NCCN3CCOCC3)cn2c1-c1csc(C2(c3ccc(C(=O)Nc4ccccc4N)cc3)CCCC2)n1. The fraction of sp³-hybridized carbons (Fsp3) is 0.333. The number of aromatic nitrogens is 3. The van der Waals surface area contributed by atoms with Crippen LogP contribution < -0.4 is 16.4 Å². The number of amides is 2. The molecule has 2 amide bonds. The zero-order chi connectivity index (χ0) is 32.4. The molecule has 0 spiro atoms. The average molecular weight is 650 g/mol. The van der Waals surface area contributed by atoms with E-state index in [1.54, 1.807) is 23.5 Å². The quantitative estimate of drug-likeness (QED) is 0.180. The van der Waals surface area contributed by atoms with Crippen LogP contribution in [0.1, 0.15) is 62.7 Å². The van der Waals surface area contributed by atoms with Crippen LogP contribution in [0.15, 0.2) is 72.2 Å². The molecular formula is C36H39N7O3S. The van der Waals surface area contributed by atoms with Gasteiger partial charge in [0.05, 0.1) is 41.5 Å². The molecule has 47 heavy (non-hydrogen) atoms. The number of imidazole rings is 1. The molecule has 2 aromatic carbocycles. The van der Waals surface area contributed by atoms with Gasteiger partial charge in [-0.1, -0.05) is 37.1 Å². The monoisotopic (exact) mass is 649 g/mol. The van der Waals surface area contributed by atoms with Gasteiger partial charge < -0.3 is 21.1 Å². The highest BCUT2D eigenvalue weighted by Gasteiger charge is 2.40. The zero-order valence-electron chi connectivity index (χ0n) is 26.5. The molecule has 10 nitrogen and oxygen atoms in total. The van der Waals surface area contributed by atoms with Crippen LogP contribution >= 0.6 is 11.3 Å². The molecule has 242 valence electrons. The summed E-state index contributed by atoms with van der Waals surface area (Å²) in [6.45, 7) is 6.63. The first-order valence-electron chi connectivity index (χ1n) is 16.2. The van der Waals surface area contributed by atoms with Crippen LogP contribution in [0.2, 0.25) is 0 Å². The number of rotatable bonds is 9. The summed E-state index contributed by atoms with van der Waals surface area (Å²) in [5.74, 6) is -0.301. The third-order valence-electron chi connectivity index (χ3n) is 9.39. The van der Waals surface area contributed by atoms with Crippen molar-refractivity contribution in [2.45, 2.75) is 38.0 Å². The molecule has 4 heterocycles. The maximum absolute atomic E-state index is 13.1. The molecule has 2 aliphatic rings. The van der Waals surface area contributed by atoms with Gasteiger partial charge in [-0.15, -0.1) is 11.3 Å². The minimum absolute atomic E-state index is 0.106. The number of carbonyl (C=O) groups is 2. The number of para-hydroxylation sites is 2. The van der Waals surface area contributed by atoms with Crippen molar-refractivity contribution in [1.29, 1.82) is 0 Å². The van der Waals surface area contributed by atoms with E-state index >= 15 is 0 Å². The molecule has 0 radical (unpaired) electrons. The van der Waals surface area contributed by atoms with E-state index in [4.69, 9.17) is 20.4 Å². The van der Waals surface area contributed by atoms with Crippen LogP contribution in [0, 0.1) is 6.92 Å². The number of aryl methyl sites for hydroxylation is 1. The number of morpholine rings is 1. The maximum Gasteiger partial charge on any atom is 0.255 e. The Morgan fingerprint density at radius 1 is 0.957 bits per heavy atom. The van der Waals surface area contributed by atoms with E-state index in [1.807, 2.05) is 53.9 Å². The highest BCUT2D eigenvalue weighted by atomic mass is 32.1. The van der Waals surface area contributed by atoms with Crippen molar-refractivity contribution in [3.8, 4) is 11.4 Å². The van der Waals surface area contributed by atoms with Crippen LogP contribution in [-0.4, -0.2) is 70.5 Å². The van der Waals surface area contributed by atoms with Crippen LogP contribution in [0.5, 0.6) is 0 Å². The number of hydrogen-bond acceptors (Lipinski definition) is 8. The van der Waals surface area contributed by atoms with Gasteiger partial charge in [0.2, 0.25) is 0 Å². The molecular weight excluding hydrogens is 611 g/mol. The molecule has 1 aliphatic carbocycles. The van der Waals surface area contributed by atoms with E-state index < -0.39 is 0 Å². The third kappa shape index (κ3) is 6.26. The Labute approximate surface area is 278 Å². The molecule has 0 bridgehead atoms. The van der Waals surface area contributed by atoms with E-state index in [1.165, 1.54) is 0 Å². The Bertz CT molecular complexity index is 1900. The lowest BCUT2D eigenvalue weighted by atomic mass is 9.79. The molecule has 5 aromatic rings. The average Bonchev–Trinajstić information content (AvgIpc) is 3.85. The summed E-state index contributed by atoms with van der Waals surface area (Å²) in [7, 11) is 0. The number of fused-ring (bicyclic) bond motifs is 1. The van der Waals surface area contributed by atoms with E-state index in [9.17, 15) is 9.59 Å². The van der Waals surface area contributed by atoms with Gasteiger partial charge in [0.1, 0.15) is 16.3 Å². The number of nitrogen functional groups attached to an aromatic ring is 1. The Balaban J connectivity index is 1.11. The molecule has 0 atom stereocenters. The molecule has 2 fully saturated rings. The largest absolute Gasteiger partial charge is 0.397 e. The van der Waals surface area contributed by atoms with Gasteiger partial charge >= 0.3 is 0 Å². The first kappa shape index (κ1) is 31.0. The summed E-state index contributed by atoms with van der Waals surface area (Å²) >= 11 is 1.67. The lowest BCUT2D eigenvalue weighted by Gasteiger charge is -2.27. The summed E-state index contributed by atoms with van der Waals surface area (Å²) in [6.07, 6.45) is 6.08. The number of nitrogens with two attached hydrogens (primary N) is 1. The predicted octanol–water partition coefficient (Wildman–Crippen LogP) is 5.52. The number of thiazole rings is 1. The van der Waals surface area contributed by atoms with Crippen molar-refractivity contribution < 1.29 is 14.3 Å². The number of pyridine rings is 1. The number of anilines is 2. The Kier molecular flexibility index (Phi) is 8.76. The smallest absolute Gasteiger partial charge is 0.255 e. The molecule has 1 saturated heterocycles. The number of benzene rings is 2. The van der Waals surface area contributed by atoms with Gasteiger partial charge in [-0.3, -0.25) is 18.9 Å². The number of nitrogens with zero attached hydrogens (tertiary/aromatic N) is 4. The predicted molar refractivity (Wildman–Crippen MR) is 185 cm³/mol. The van der Waals surface area contributed by atoms with Crippen molar-refractivity contribution in [3.63, 3.8) is 0 Å². The first-order chi connectivity index (χ1) is 22.9. The topological polar surface area (TPSA) is 127 Å². The molecule has 1 saturated carbocycles. The van der Waals surface area contributed by atoms with Gasteiger partial charge in [-0.25, -0.2) is 9.97 Å². The van der Waals surface area contributed by atoms with Crippen molar-refractivity contribution in [2.24, 2.45) is 0 Å². The van der Waals surface area contributed by atoms with Gasteiger partial charge in [-0.05, 0) is 61.7 Å². The van der Waals surface area contributed by atoms with E-state index in [-0.39, 0.29) is 17.2 Å². The Morgan fingerprint density at radius 2 is 1.70 bits per heavy atom. The molecule has 3 aromatic heterocycles. The summed E-state index contributed by atoms with van der Waals surface area (Å²) < 4.78 is 7.40. The Hall–Kier alpha value is -4.58. The second-order valence-electron chi connectivity index (χ2n) is 12.3. The normalized spacial score (nSPS) is 16.4. The zero-order valence-corrected chi connectivity index (χ0v) is 27.3. The fourth-order valence-electron chi connectivity index (χ4n) is 6.81. The van der Waals surface area contributed by atoms with E-state index in [0.717, 1.165) is 91.8 Å². The number of hydrogen-bond donors (Lipinski definition) is 3. The first-order valence-corrected chi connectivity index (χ1v) is 17.1. The van der Waals surface area contributed by atoms with Gasteiger partial charge in [0, 0.05) is 48.7 Å². The van der Waals surface area contributed by atoms with Crippen molar-refractivity contribution in [2.75, 3.05) is 50.4 Å². The molecule has 4 N–H and O–H groups in total.